The number of fused-ring (bicyclic) bond motifs is 1. The Morgan fingerprint density at radius 3 is 2.81 bits per heavy atom. The Hall–Kier alpha value is -3.21. The van der Waals surface area contributed by atoms with Crippen LogP contribution in [0.5, 0.6) is 0 Å². The summed E-state index contributed by atoms with van der Waals surface area (Å²) in [4.78, 5) is 19.0. The number of nitrogens with one attached hydrogen (secondary N) is 1. The average Bonchev–Trinajstić information content (AvgIpc) is 3.13. The van der Waals surface area contributed by atoms with Gasteiger partial charge in [-0.2, -0.15) is 0 Å². The van der Waals surface area contributed by atoms with Crippen LogP contribution in [-0.2, 0) is 12.8 Å². The molecule has 2 heterocycles. The molecule has 0 spiro atoms. The molecule has 1 amide bonds. The molecule has 0 fully saturated rings. The number of carbonyl (C=O) groups excluding carboxylic acids is 1. The summed E-state index contributed by atoms with van der Waals surface area (Å²) >= 11 is 0. The Morgan fingerprint density at radius 2 is 1.93 bits per heavy atom. The Morgan fingerprint density at radius 1 is 1.11 bits per heavy atom. The number of aromatic nitrogens is 1. The van der Waals surface area contributed by atoms with Crippen molar-refractivity contribution in [1.29, 1.82) is 0 Å². The van der Waals surface area contributed by atoms with Gasteiger partial charge in [-0.25, -0.2) is 9.37 Å². The lowest BCUT2D eigenvalue weighted by atomic mass is 10.1. The minimum atomic E-state index is -0.205. The van der Waals surface area contributed by atoms with Crippen LogP contribution < -0.4 is 10.2 Å². The highest BCUT2D eigenvalue weighted by molar-refractivity contribution is 6.07. The van der Waals surface area contributed by atoms with Crippen molar-refractivity contribution in [2.45, 2.75) is 12.8 Å². The van der Waals surface area contributed by atoms with Gasteiger partial charge in [-0.1, -0.05) is 36.4 Å². The van der Waals surface area contributed by atoms with E-state index in [0.717, 1.165) is 12.1 Å². The molecule has 0 saturated carbocycles. The highest BCUT2D eigenvalue weighted by Gasteiger charge is 2.25. The smallest absolute Gasteiger partial charge is 0.258 e. The third kappa shape index (κ3) is 3.67. The number of rotatable bonds is 5. The van der Waals surface area contributed by atoms with Crippen LogP contribution in [0.25, 0.3) is 0 Å². The molecule has 0 aliphatic carbocycles. The first-order valence-electron chi connectivity index (χ1n) is 9.05. The normalized spacial score (nSPS) is 12.7. The molecular weight excluding hydrogens is 341 g/mol. The molecule has 2 aromatic carbocycles. The molecule has 0 atom stereocenters. The predicted octanol–water partition coefficient (Wildman–Crippen LogP) is 4.08. The van der Waals surface area contributed by atoms with Gasteiger partial charge in [0.1, 0.15) is 11.6 Å². The summed E-state index contributed by atoms with van der Waals surface area (Å²) in [5.41, 5.74) is 3.43. The van der Waals surface area contributed by atoms with E-state index >= 15 is 0 Å². The van der Waals surface area contributed by atoms with E-state index in [4.69, 9.17) is 0 Å². The third-order valence-corrected chi connectivity index (χ3v) is 4.80. The van der Waals surface area contributed by atoms with Gasteiger partial charge in [0, 0.05) is 30.5 Å². The van der Waals surface area contributed by atoms with E-state index in [2.05, 4.69) is 16.4 Å². The van der Waals surface area contributed by atoms with Crippen molar-refractivity contribution in [3.63, 3.8) is 0 Å². The Kier molecular flexibility index (Phi) is 4.83. The highest BCUT2D eigenvalue weighted by atomic mass is 19.1. The van der Waals surface area contributed by atoms with E-state index in [9.17, 15) is 9.18 Å². The predicted molar refractivity (Wildman–Crippen MR) is 105 cm³/mol. The van der Waals surface area contributed by atoms with Crippen LogP contribution in [0.1, 0.15) is 21.5 Å². The molecule has 3 aromatic rings. The van der Waals surface area contributed by atoms with Gasteiger partial charge in [-0.3, -0.25) is 4.79 Å². The lowest BCUT2D eigenvalue weighted by Crippen LogP contribution is -2.29. The maximum atomic E-state index is 13.7. The van der Waals surface area contributed by atoms with Crippen LogP contribution >= 0.6 is 0 Å². The molecule has 4 rings (SSSR count). The molecule has 0 unspecified atom stereocenters. The summed E-state index contributed by atoms with van der Waals surface area (Å²) < 4.78 is 13.7. The first-order chi connectivity index (χ1) is 13.2. The van der Waals surface area contributed by atoms with Gasteiger partial charge in [0.15, 0.2) is 0 Å². The fraction of sp³-hybridized carbons (Fsp3) is 0.182. The van der Waals surface area contributed by atoms with Crippen LogP contribution in [-0.4, -0.2) is 24.0 Å². The molecule has 136 valence electrons. The summed E-state index contributed by atoms with van der Waals surface area (Å²) in [7, 11) is 0. The van der Waals surface area contributed by atoms with Crippen LogP contribution in [0.15, 0.2) is 66.9 Å². The maximum Gasteiger partial charge on any atom is 0.258 e. The SMILES string of the molecule is O=C(c1ccnc(NCCc2ccccc2F)c1)N1CCc2ccccc21. The van der Waals surface area contributed by atoms with Gasteiger partial charge in [0.05, 0.1) is 0 Å². The summed E-state index contributed by atoms with van der Waals surface area (Å²) in [6.07, 6.45) is 3.05. The molecule has 5 heteroatoms. The zero-order chi connectivity index (χ0) is 18.6. The van der Waals surface area contributed by atoms with Gasteiger partial charge in [-0.05, 0) is 48.2 Å². The van der Waals surface area contributed by atoms with E-state index in [1.165, 1.54) is 11.6 Å². The zero-order valence-corrected chi connectivity index (χ0v) is 14.9. The van der Waals surface area contributed by atoms with Gasteiger partial charge >= 0.3 is 0 Å². The molecule has 1 aliphatic rings. The number of para-hydroxylation sites is 1. The first kappa shape index (κ1) is 17.2. The summed E-state index contributed by atoms with van der Waals surface area (Å²) in [6.45, 7) is 1.23. The Bertz CT molecular complexity index is 973. The van der Waals surface area contributed by atoms with Crippen molar-refractivity contribution < 1.29 is 9.18 Å². The van der Waals surface area contributed by atoms with E-state index in [-0.39, 0.29) is 11.7 Å². The molecule has 0 radical (unpaired) electrons. The number of nitrogens with zero attached hydrogens (tertiary/aromatic N) is 2. The van der Waals surface area contributed by atoms with Crippen LogP contribution in [0.2, 0.25) is 0 Å². The van der Waals surface area contributed by atoms with Crippen LogP contribution in [0.4, 0.5) is 15.9 Å². The van der Waals surface area contributed by atoms with Crippen LogP contribution in [0, 0.1) is 5.82 Å². The minimum absolute atomic E-state index is 0.0282. The monoisotopic (exact) mass is 361 g/mol. The Labute approximate surface area is 157 Å². The summed E-state index contributed by atoms with van der Waals surface area (Å²) in [5.74, 6) is 0.382. The second-order valence-corrected chi connectivity index (χ2v) is 6.53. The van der Waals surface area contributed by atoms with Gasteiger partial charge in [0.25, 0.3) is 5.91 Å². The standard InChI is InChI=1S/C22H20FN3O/c23-19-7-3-1-5-16(19)9-12-24-21-15-18(10-13-25-21)22(27)26-14-11-17-6-2-4-8-20(17)26/h1-8,10,13,15H,9,11-12,14H2,(H,24,25). The number of hydrogen-bond acceptors (Lipinski definition) is 3. The van der Waals surface area contributed by atoms with E-state index in [1.54, 1.807) is 30.5 Å². The van der Waals surface area contributed by atoms with Crippen molar-refractivity contribution in [2.24, 2.45) is 0 Å². The molecule has 0 saturated heterocycles. The van der Waals surface area contributed by atoms with E-state index in [1.807, 2.05) is 29.2 Å². The molecule has 1 aliphatic heterocycles. The molecule has 1 aromatic heterocycles. The van der Waals surface area contributed by atoms with Gasteiger partial charge in [-0.15, -0.1) is 0 Å². The Balaban J connectivity index is 1.43. The lowest BCUT2D eigenvalue weighted by Gasteiger charge is -2.17. The number of benzene rings is 2. The van der Waals surface area contributed by atoms with Gasteiger partial charge in [0.2, 0.25) is 0 Å². The summed E-state index contributed by atoms with van der Waals surface area (Å²) in [5, 5.41) is 3.18. The fourth-order valence-electron chi connectivity index (χ4n) is 3.39. The van der Waals surface area contributed by atoms with E-state index in [0.29, 0.717) is 36.5 Å². The van der Waals surface area contributed by atoms with Crippen LogP contribution in [0.3, 0.4) is 0 Å². The van der Waals surface area contributed by atoms with Crippen molar-refractivity contribution in [3.8, 4) is 0 Å². The number of carbonyl (C=O) groups is 1. The van der Waals surface area contributed by atoms with Crippen molar-refractivity contribution in [3.05, 3.63) is 89.4 Å². The highest BCUT2D eigenvalue weighted by Crippen LogP contribution is 2.29. The zero-order valence-electron chi connectivity index (χ0n) is 14.9. The second-order valence-electron chi connectivity index (χ2n) is 6.53. The quantitative estimate of drug-likeness (QED) is 0.745. The largest absolute Gasteiger partial charge is 0.370 e. The number of hydrogen-bond donors (Lipinski definition) is 1. The van der Waals surface area contributed by atoms with Crippen molar-refractivity contribution in [1.82, 2.24) is 4.98 Å². The molecule has 1 N–H and O–H groups in total. The number of amides is 1. The molecular formula is C22H20FN3O. The molecule has 0 bridgehead atoms. The number of pyridine rings is 1. The number of halogens is 1. The lowest BCUT2D eigenvalue weighted by molar-refractivity contribution is 0.0989. The first-order valence-corrected chi connectivity index (χ1v) is 9.05. The van der Waals surface area contributed by atoms with Crippen molar-refractivity contribution >= 4 is 17.4 Å². The third-order valence-electron chi connectivity index (χ3n) is 4.80. The second kappa shape index (κ2) is 7.58. The molecule has 27 heavy (non-hydrogen) atoms. The minimum Gasteiger partial charge on any atom is -0.370 e. The maximum absolute atomic E-state index is 13.7. The molecule has 4 nitrogen and oxygen atoms in total. The van der Waals surface area contributed by atoms with E-state index < -0.39 is 0 Å². The average molecular weight is 361 g/mol. The fourth-order valence-corrected chi connectivity index (χ4v) is 3.39. The topological polar surface area (TPSA) is 45.2 Å². The number of anilines is 2. The van der Waals surface area contributed by atoms with Crippen molar-refractivity contribution in [2.75, 3.05) is 23.3 Å². The van der Waals surface area contributed by atoms with Gasteiger partial charge < -0.3 is 10.2 Å². The summed E-state index contributed by atoms with van der Waals surface area (Å²) in [6, 6.07) is 18.2.